The molecule has 6 heteroatoms. The Morgan fingerprint density at radius 1 is 1.12 bits per heavy atom. The van der Waals surface area contributed by atoms with Gasteiger partial charge >= 0.3 is 0 Å². The molecule has 1 saturated heterocycles. The van der Waals surface area contributed by atoms with Crippen LogP contribution in [-0.4, -0.2) is 42.2 Å². The number of benzene rings is 1. The van der Waals surface area contributed by atoms with Crippen molar-refractivity contribution in [1.29, 1.82) is 0 Å². The van der Waals surface area contributed by atoms with Crippen LogP contribution in [0.4, 0.5) is 11.6 Å². The van der Waals surface area contributed by atoms with Gasteiger partial charge in [-0.15, -0.1) is 0 Å². The van der Waals surface area contributed by atoms with Gasteiger partial charge in [0.2, 0.25) is 0 Å². The van der Waals surface area contributed by atoms with Gasteiger partial charge in [0.1, 0.15) is 18.0 Å². The summed E-state index contributed by atoms with van der Waals surface area (Å²) in [5, 5.41) is 2.85. The van der Waals surface area contributed by atoms with E-state index in [0.29, 0.717) is 24.6 Å². The summed E-state index contributed by atoms with van der Waals surface area (Å²) >= 11 is 0. The predicted molar refractivity (Wildman–Crippen MR) is 98.2 cm³/mol. The molecular formula is C19H24N4O2. The summed E-state index contributed by atoms with van der Waals surface area (Å²) in [5.74, 6) is 1.13. The average molecular weight is 340 g/mol. The van der Waals surface area contributed by atoms with Crippen molar-refractivity contribution in [3.05, 3.63) is 47.8 Å². The van der Waals surface area contributed by atoms with Crippen molar-refractivity contribution in [3.8, 4) is 0 Å². The summed E-state index contributed by atoms with van der Waals surface area (Å²) in [7, 11) is 0. The summed E-state index contributed by atoms with van der Waals surface area (Å²) < 4.78 is 5.35. The standard InChI is InChI=1S/C19H24N4O2/c1-19(2,3)15-6-4-14(5-7-15)18(24)22-16-12-17(21-13-20-16)23-8-10-25-11-9-23/h4-7,12-13H,8-11H2,1-3H3,(H,20,21,22,24). The number of ether oxygens (including phenoxy) is 1. The highest BCUT2D eigenvalue weighted by atomic mass is 16.5. The number of hydrogen-bond acceptors (Lipinski definition) is 5. The topological polar surface area (TPSA) is 67.4 Å². The van der Waals surface area contributed by atoms with E-state index in [9.17, 15) is 4.79 Å². The Morgan fingerprint density at radius 3 is 2.44 bits per heavy atom. The van der Waals surface area contributed by atoms with Crippen molar-refractivity contribution in [2.24, 2.45) is 0 Å². The Labute approximate surface area is 148 Å². The molecule has 0 aliphatic carbocycles. The first kappa shape index (κ1) is 17.4. The molecule has 1 amide bonds. The van der Waals surface area contributed by atoms with Gasteiger partial charge in [-0.3, -0.25) is 4.79 Å². The van der Waals surface area contributed by atoms with Gasteiger partial charge in [-0.1, -0.05) is 32.9 Å². The minimum atomic E-state index is -0.174. The monoisotopic (exact) mass is 340 g/mol. The number of carbonyl (C=O) groups excluding carboxylic acids is 1. The Balaban J connectivity index is 1.70. The van der Waals surface area contributed by atoms with E-state index in [-0.39, 0.29) is 11.3 Å². The molecule has 1 aliphatic rings. The van der Waals surface area contributed by atoms with E-state index in [1.165, 1.54) is 11.9 Å². The molecule has 132 valence electrons. The van der Waals surface area contributed by atoms with E-state index in [1.54, 1.807) is 6.07 Å². The fraction of sp³-hybridized carbons (Fsp3) is 0.421. The molecule has 1 N–H and O–H groups in total. The van der Waals surface area contributed by atoms with Gasteiger partial charge in [0.15, 0.2) is 0 Å². The van der Waals surface area contributed by atoms with E-state index in [1.807, 2.05) is 24.3 Å². The lowest BCUT2D eigenvalue weighted by Crippen LogP contribution is -2.36. The van der Waals surface area contributed by atoms with Crippen LogP contribution >= 0.6 is 0 Å². The van der Waals surface area contributed by atoms with Crippen molar-refractivity contribution in [2.75, 3.05) is 36.5 Å². The van der Waals surface area contributed by atoms with Crippen LogP contribution in [-0.2, 0) is 10.2 Å². The summed E-state index contributed by atoms with van der Waals surface area (Å²) in [6.07, 6.45) is 1.48. The molecule has 0 unspecified atom stereocenters. The van der Waals surface area contributed by atoms with E-state index < -0.39 is 0 Å². The largest absolute Gasteiger partial charge is 0.378 e. The molecule has 3 rings (SSSR count). The van der Waals surface area contributed by atoms with E-state index >= 15 is 0 Å². The molecule has 0 radical (unpaired) electrons. The quantitative estimate of drug-likeness (QED) is 0.930. The maximum atomic E-state index is 12.5. The normalized spacial score (nSPS) is 15.1. The molecule has 6 nitrogen and oxygen atoms in total. The molecule has 1 fully saturated rings. The number of aromatic nitrogens is 2. The van der Waals surface area contributed by atoms with Crippen molar-refractivity contribution >= 4 is 17.5 Å². The van der Waals surface area contributed by atoms with Crippen LogP contribution in [0.15, 0.2) is 36.7 Å². The van der Waals surface area contributed by atoms with Gasteiger partial charge in [0.05, 0.1) is 13.2 Å². The van der Waals surface area contributed by atoms with Crippen LogP contribution in [0.25, 0.3) is 0 Å². The number of rotatable bonds is 3. The molecule has 0 spiro atoms. The third kappa shape index (κ3) is 4.33. The van der Waals surface area contributed by atoms with Crippen LogP contribution in [0.2, 0.25) is 0 Å². The first-order valence-electron chi connectivity index (χ1n) is 8.50. The molecule has 2 aromatic rings. The zero-order valence-electron chi connectivity index (χ0n) is 15.0. The average Bonchev–Trinajstić information content (AvgIpc) is 2.62. The summed E-state index contributed by atoms with van der Waals surface area (Å²) in [5.41, 5.74) is 1.87. The Kier molecular flexibility index (Phi) is 4.99. The molecular weight excluding hydrogens is 316 g/mol. The maximum Gasteiger partial charge on any atom is 0.256 e. The van der Waals surface area contributed by atoms with Crippen molar-refractivity contribution in [3.63, 3.8) is 0 Å². The zero-order valence-corrected chi connectivity index (χ0v) is 15.0. The predicted octanol–water partition coefficient (Wildman–Crippen LogP) is 2.86. The van der Waals surface area contributed by atoms with Gasteiger partial charge in [-0.05, 0) is 23.1 Å². The van der Waals surface area contributed by atoms with Gasteiger partial charge in [0, 0.05) is 24.7 Å². The van der Waals surface area contributed by atoms with Crippen LogP contribution in [0.5, 0.6) is 0 Å². The Hall–Kier alpha value is -2.47. The summed E-state index contributed by atoms with van der Waals surface area (Å²) in [6, 6.07) is 9.48. The minimum Gasteiger partial charge on any atom is -0.378 e. The number of amides is 1. The molecule has 0 atom stereocenters. The Morgan fingerprint density at radius 2 is 1.80 bits per heavy atom. The van der Waals surface area contributed by atoms with Gasteiger partial charge in [-0.2, -0.15) is 0 Å². The lowest BCUT2D eigenvalue weighted by molar-refractivity contribution is 0.102. The zero-order chi connectivity index (χ0) is 17.9. The molecule has 0 bridgehead atoms. The highest BCUT2D eigenvalue weighted by molar-refractivity contribution is 6.03. The molecule has 2 heterocycles. The second kappa shape index (κ2) is 7.19. The highest BCUT2D eigenvalue weighted by Crippen LogP contribution is 2.22. The van der Waals surface area contributed by atoms with Crippen LogP contribution in [0.1, 0.15) is 36.7 Å². The fourth-order valence-electron chi connectivity index (χ4n) is 2.69. The van der Waals surface area contributed by atoms with Gasteiger partial charge in [0.25, 0.3) is 5.91 Å². The van der Waals surface area contributed by atoms with Crippen LogP contribution < -0.4 is 10.2 Å². The van der Waals surface area contributed by atoms with Gasteiger partial charge in [-0.25, -0.2) is 9.97 Å². The SMILES string of the molecule is CC(C)(C)c1ccc(C(=O)Nc2cc(N3CCOCC3)ncn2)cc1. The first-order valence-corrected chi connectivity index (χ1v) is 8.50. The van der Waals surface area contributed by atoms with Gasteiger partial charge < -0.3 is 15.0 Å². The molecule has 1 aromatic heterocycles. The lowest BCUT2D eigenvalue weighted by atomic mass is 9.87. The number of nitrogens with zero attached hydrogens (tertiary/aromatic N) is 3. The van der Waals surface area contributed by atoms with E-state index in [4.69, 9.17) is 4.74 Å². The van der Waals surface area contributed by atoms with E-state index in [0.717, 1.165) is 18.9 Å². The molecule has 1 aromatic carbocycles. The number of hydrogen-bond donors (Lipinski definition) is 1. The number of morpholine rings is 1. The van der Waals surface area contributed by atoms with Crippen molar-refractivity contribution in [1.82, 2.24) is 9.97 Å². The second-order valence-corrected chi connectivity index (χ2v) is 7.14. The summed E-state index contributed by atoms with van der Waals surface area (Å²) in [6.45, 7) is 9.40. The van der Waals surface area contributed by atoms with Crippen molar-refractivity contribution in [2.45, 2.75) is 26.2 Å². The van der Waals surface area contributed by atoms with Crippen molar-refractivity contribution < 1.29 is 9.53 Å². The molecule has 0 saturated carbocycles. The van der Waals surface area contributed by atoms with E-state index in [2.05, 4.69) is 41.0 Å². The lowest BCUT2D eigenvalue weighted by Gasteiger charge is -2.27. The fourth-order valence-corrected chi connectivity index (χ4v) is 2.69. The third-order valence-electron chi connectivity index (χ3n) is 4.24. The van der Waals surface area contributed by atoms with Crippen LogP contribution in [0.3, 0.4) is 0 Å². The third-order valence-corrected chi connectivity index (χ3v) is 4.24. The number of nitrogens with one attached hydrogen (secondary N) is 1. The molecule has 25 heavy (non-hydrogen) atoms. The smallest absolute Gasteiger partial charge is 0.256 e. The second-order valence-electron chi connectivity index (χ2n) is 7.14. The molecule has 1 aliphatic heterocycles. The number of anilines is 2. The minimum absolute atomic E-state index is 0.0642. The highest BCUT2D eigenvalue weighted by Gasteiger charge is 2.16. The first-order chi connectivity index (χ1) is 11.9. The Bertz CT molecular complexity index is 732. The van der Waals surface area contributed by atoms with Crippen LogP contribution in [0, 0.1) is 0 Å². The maximum absolute atomic E-state index is 12.5. The number of carbonyl (C=O) groups is 1. The summed E-state index contributed by atoms with van der Waals surface area (Å²) in [4.78, 5) is 23.0.